The van der Waals surface area contributed by atoms with E-state index >= 15 is 0 Å². The number of nitrogens with one attached hydrogen (secondary N) is 1. The first-order valence-electron chi connectivity index (χ1n) is 5.84. The fourth-order valence-electron chi connectivity index (χ4n) is 2.03. The van der Waals surface area contributed by atoms with Gasteiger partial charge in [-0.2, -0.15) is 0 Å². The highest BCUT2D eigenvalue weighted by Gasteiger charge is 2.07. The molecule has 0 saturated heterocycles. The van der Waals surface area contributed by atoms with Gasteiger partial charge in [-0.15, -0.1) is 0 Å². The number of nitrogens with zero attached hydrogens (tertiary/aromatic N) is 2. The number of aryl methyl sites for hydroxylation is 1. The highest BCUT2D eigenvalue weighted by molar-refractivity contribution is 5.91. The van der Waals surface area contributed by atoms with Crippen LogP contribution in [0.4, 0.5) is 5.69 Å². The third-order valence-electron chi connectivity index (χ3n) is 2.95. The second-order valence-electron chi connectivity index (χ2n) is 4.53. The predicted molar refractivity (Wildman–Crippen MR) is 73.6 cm³/mol. The molecule has 0 unspecified atom stereocenters. The van der Waals surface area contributed by atoms with E-state index in [9.17, 15) is 0 Å². The largest absolute Gasteiger partial charge is 0.376 e. The Morgan fingerprint density at radius 2 is 2.06 bits per heavy atom. The van der Waals surface area contributed by atoms with E-state index in [1.165, 1.54) is 16.6 Å². The Bertz CT molecular complexity index is 532. The molecule has 3 heteroatoms. The molecule has 17 heavy (non-hydrogen) atoms. The molecule has 0 saturated carbocycles. The van der Waals surface area contributed by atoms with Crippen molar-refractivity contribution >= 4 is 16.6 Å². The quantitative estimate of drug-likeness (QED) is 0.875. The van der Waals surface area contributed by atoms with Crippen LogP contribution in [0.1, 0.15) is 11.3 Å². The molecule has 0 amide bonds. The monoisotopic (exact) mass is 229 g/mol. The van der Waals surface area contributed by atoms with Crippen LogP contribution < -0.4 is 10.2 Å². The summed E-state index contributed by atoms with van der Waals surface area (Å²) < 4.78 is 0. The summed E-state index contributed by atoms with van der Waals surface area (Å²) in [5.74, 6) is 0. The van der Waals surface area contributed by atoms with Crippen molar-refractivity contribution < 1.29 is 0 Å². The minimum absolute atomic E-state index is 0.809. The Morgan fingerprint density at radius 3 is 2.71 bits per heavy atom. The molecule has 0 bridgehead atoms. The van der Waals surface area contributed by atoms with Crippen molar-refractivity contribution in [1.29, 1.82) is 0 Å². The summed E-state index contributed by atoms with van der Waals surface area (Å²) in [5, 5.41) is 4.36. The zero-order valence-electron chi connectivity index (χ0n) is 10.9. The van der Waals surface area contributed by atoms with E-state index in [0.717, 1.165) is 17.8 Å². The van der Waals surface area contributed by atoms with Crippen molar-refractivity contribution in [2.75, 3.05) is 26.0 Å². The lowest BCUT2D eigenvalue weighted by atomic mass is 10.1. The van der Waals surface area contributed by atoms with Crippen LogP contribution in [-0.2, 0) is 6.54 Å². The van der Waals surface area contributed by atoms with Crippen LogP contribution in [0.25, 0.3) is 10.9 Å². The summed E-state index contributed by atoms with van der Waals surface area (Å²) in [6.07, 6.45) is 0. The number of hydrogen-bond acceptors (Lipinski definition) is 3. The van der Waals surface area contributed by atoms with Crippen molar-refractivity contribution in [3.8, 4) is 0 Å². The maximum absolute atomic E-state index is 4.78. The Kier molecular flexibility index (Phi) is 3.29. The fraction of sp³-hybridized carbons (Fsp3) is 0.357. The number of aromatic nitrogens is 1. The standard InChI is InChI=1S/C14H19N3/c1-10-8-11-6-5-7-13(17(3)4)14(11)16-12(10)9-15-2/h5-8,15H,9H2,1-4H3. The van der Waals surface area contributed by atoms with Crippen LogP contribution >= 0.6 is 0 Å². The first-order chi connectivity index (χ1) is 8.13. The van der Waals surface area contributed by atoms with Gasteiger partial charge in [0.05, 0.1) is 16.9 Å². The highest BCUT2D eigenvalue weighted by Crippen LogP contribution is 2.25. The maximum Gasteiger partial charge on any atom is 0.0939 e. The van der Waals surface area contributed by atoms with Gasteiger partial charge in [-0.05, 0) is 31.7 Å². The van der Waals surface area contributed by atoms with E-state index in [1.807, 2.05) is 21.1 Å². The van der Waals surface area contributed by atoms with Crippen molar-refractivity contribution in [2.24, 2.45) is 0 Å². The van der Waals surface area contributed by atoms with Gasteiger partial charge < -0.3 is 10.2 Å². The number of hydrogen-bond donors (Lipinski definition) is 1. The third-order valence-corrected chi connectivity index (χ3v) is 2.95. The third kappa shape index (κ3) is 2.24. The Labute approximate surface area is 102 Å². The van der Waals surface area contributed by atoms with Gasteiger partial charge >= 0.3 is 0 Å². The Hall–Kier alpha value is -1.61. The van der Waals surface area contributed by atoms with Gasteiger partial charge in [0.2, 0.25) is 0 Å². The topological polar surface area (TPSA) is 28.2 Å². The molecule has 1 N–H and O–H groups in total. The predicted octanol–water partition coefficient (Wildman–Crippen LogP) is 2.33. The lowest BCUT2D eigenvalue weighted by Crippen LogP contribution is -2.12. The highest BCUT2D eigenvalue weighted by atomic mass is 15.1. The van der Waals surface area contributed by atoms with Crippen LogP contribution in [-0.4, -0.2) is 26.1 Å². The maximum atomic E-state index is 4.78. The van der Waals surface area contributed by atoms with E-state index < -0.39 is 0 Å². The van der Waals surface area contributed by atoms with Crippen LogP contribution in [0.15, 0.2) is 24.3 Å². The summed E-state index contributed by atoms with van der Waals surface area (Å²) in [6.45, 7) is 2.92. The van der Waals surface area contributed by atoms with E-state index in [-0.39, 0.29) is 0 Å². The van der Waals surface area contributed by atoms with Crippen molar-refractivity contribution in [3.05, 3.63) is 35.5 Å². The molecule has 0 spiro atoms. The summed E-state index contributed by atoms with van der Waals surface area (Å²) >= 11 is 0. The molecule has 1 aromatic heterocycles. The van der Waals surface area contributed by atoms with Gasteiger partial charge in [0.15, 0.2) is 0 Å². The second kappa shape index (κ2) is 4.72. The summed E-state index contributed by atoms with van der Waals surface area (Å²) in [6, 6.07) is 8.51. The number of pyridine rings is 1. The lowest BCUT2D eigenvalue weighted by Gasteiger charge is -2.16. The van der Waals surface area contributed by atoms with Gasteiger partial charge in [-0.3, -0.25) is 0 Å². The molecule has 2 rings (SSSR count). The number of para-hydroxylation sites is 1. The second-order valence-corrected chi connectivity index (χ2v) is 4.53. The van der Waals surface area contributed by atoms with E-state index in [0.29, 0.717) is 0 Å². The van der Waals surface area contributed by atoms with Crippen LogP contribution in [0.3, 0.4) is 0 Å². The minimum Gasteiger partial charge on any atom is -0.376 e. The molecule has 0 fully saturated rings. The van der Waals surface area contributed by atoms with Gasteiger partial charge in [0.25, 0.3) is 0 Å². The van der Waals surface area contributed by atoms with E-state index in [2.05, 4.69) is 41.4 Å². The molecular formula is C14H19N3. The molecule has 1 heterocycles. The first kappa shape index (κ1) is 11.9. The van der Waals surface area contributed by atoms with Gasteiger partial charge in [-0.25, -0.2) is 4.98 Å². The molecule has 0 aliphatic carbocycles. The first-order valence-corrected chi connectivity index (χ1v) is 5.84. The molecule has 0 atom stereocenters. The number of anilines is 1. The van der Waals surface area contributed by atoms with E-state index in [4.69, 9.17) is 4.98 Å². The van der Waals surface area contributed by atoms with Crippen LogP contribution in [0.5, 0.6) is 0 Å². The van der Waals surface area contributed by atoms with Gasteiger partial charge in [0, 0.05) is 26.0 Å². The number of fused-ring (bicyclic) bond motifs is 1. The average molecular weight is 229 g/mol. The summed E-state index contributed by atoms with van der Waals surface area (Å²) in [4.78, 5) is 6.89. The van der Waals surface area contributed by atoms with Crippen molar-refractivity contribution in [3.63, 3.8) is 0 Å². The van der Waals surface area contributed by atoms with E-state index in [1.54, 1.807) is 0 Å². The number of rotatable bonds is 3. The molecular weight excluding hydrogens is 210 g/mol. The van der Waals surface area contributed by atoms with Crippen LogP contribution in [0.2, 0.25) is 0 Å². The molecule has 0 aliphatic rings. The lowest BCUT2D eigenvalue weighted by molar-refractivity contribution is 0.788. The van der Waals surface area contributed by atoms with Crippen molar-refractivity contribution in [1.82, 2.24) is 10.3 Å². The van der Waals surface area contributed by atoms with Crippen molar-refractivity contribution in [2.45, 2.75) is 13.5 Å². The van der Waals surface area contributed by atoms with Crippen LogP contribution in [0, 0.1) is 6.92 Å². The molecule has 0 radical (unpaired) electrons. The zero-order chi connectivity index (χ0) is 12.4. The SMILES string of the molecule is CNCc1nc2c(N(C)C)cccc2cc1C. The minimum atomic E-state index is 0.809. The summed E-state index contributed by atoms with van der Waals surface area (Å²) in [7, 11) is 6.05. The normalized spacial score (nSPS) is 10.8. The Morgan fingerprint density at radius 1 is 1.29 bits per heavy atom. The fourth-order valence-corrected chi connectivity index (χ4v) is 2.03. The van der Waals surface area contributed by atoms with Gasteiger partial charge in [-0.1, -0.05) is 12.1 Å². The zero-order valence-corrected chi connectivity index (χ0v) is 10.9. The molecule has 3 nitrogen and oxygen atoms in total. The molecule has 1 aromatic carbocycles. The number of benzene rings is 1. The smallest absolute Gasteiger partial charge is 0.0939 e. The van der Waals surface area contributed by atoms with Gasteiger partial charge in [0.1, 0.15) is 0 Å². The Balaban J connectivity index is 2.67. The molecule has 0 aliphatic heterocycles. The average Bonchev–Trinajstić information content (AvgIpc) is 2.29. The molecule has 2 aromatic rings. The molecule has 90 valence electrons. The summed E-state index contributed by atoms with van der Waals surface area (Å²) in [5.41, 5.74) is 4.60.